The number of amides is 1. The highest BCUT2D eigenvalue weighted by molar-refractivity contribution is 6.31. The van der Waals surface area contributed by atoms with Crippen LogP contribution in [0.3, 0.4) is 0 Å². The van der Waals surface area contributed by atoms with E-state index in [-0.39, 0.29) is 36.5 Å². The monoisotopic (exact) mass is 570 g/mol. The molecule has 0 saturated carbocycles. The van der Waals surface area contributed by atoms with Gasteiger partial charge in [0.15, 0.2) is 0 Å². The van der Waals surface area contributed by atoms with Crippen LogP contribution < -0.4 is 21.7 Å². The highest BCUT2D eigenvalue weighted by Crippen LogP contribution is 2.55. The molecule has 0 radical (unpaired) electrons. The van der Waals surface area contributed by atoms with Gasteiger partial charge in [-0.15, -0.1) is 0 Å². The molecule has 3 aliphatic heterocycles. The number of esters is 1. The largest absolute Gasteiger partial charge is 0.465 e. The number of hydrogen-bond donors (Lipinski definition) is 4. The number of ether oxygens (including phenoxy) is 1. The van der Waals surface area contributed by atoms with Gasteiger partial charge in [-0.25, -0.2) is 9.18 Å². The van der Waals surface area contributed by atoms with Crippen LogP contribution in [0.1, 0.15) is 58.4 Å². The molecule has 0 aromatic heterocycles. The molecule has 3 aliphatic rings. The molecule has 3 aromatic rings. The predicted octanol–water partition coefficient (Wildman–Crippen LogP) is 5.45. The number of carbonyl (C=O) groups excluding carboxylic acids is 2. The van der Waals surface area contributed by atoms with E-state index in [1.165, 1.54) is 13.2 Å². The Morgan fingerprint density at radius 2 is 1.92 bits per heavy atom. The molecular weight excluding hydrogens is 542 g/mol. The molecule has 0 bridgehead atoms. The van der Waals surface area contributed by atoms with E-state index in [4.69, 9.17) is 33.7 Å². The van der Waals surface area contributed by atoms with Gasteiger partial charge in [0.1, 0.15) is 11.4 Å². The number of nitrogens with two attached hydrogens (primary N) is 1. The lowest BCUT2D eigenvalue weighted by molar-refractivity contribution is -0.122. The standard InChI is InChI=1S/C28H25Cl2FN4O3.CH4/c1-12-14(26(36)38-2)7-8-15(24(12)32)19-11-21-25(33-19)22(16-4-3-5-18(30)23(16)31)28(35-21)17-9-6-13(29)10-20(17)34-27(28)37;/h3-10,19,21-22,25,33,35H,11,32H2,1-2H3,(H,34,37);1H4/t19?,21-,22-,25+,28+;/m0./s1. The number of halogens is 3. The third-order valence-corrected chi connectivity index (χ3v) is 8.74. The molecule has 2 saturated heterocycles. The summed E-state index contributed by atoms with van der Waals surface area (Å²) in [5.74, 6) is -1.91. The minimum Gasteiger partial charge on any atom is -0.465 e. The van der Waals surface area contributed by atoms with Crippen LogP contribution in [-0.2, 0) is 15.1 Å². The Hall–Kier alpha value is -3.17. The van der Waals surface area contributed by atoms with Crippen LogP contribution in [0.25, 0.3) is 0 Å². The molecular formula is C29H29Cl2FN4O3. The fourth-order valence-electron chi connectivity index (χ4n) is 6.49. The number of fused-ring (bicyclic) bond motifs is 3. The lowest BCUT2D eigenvalue weighted by atomic mass is 9.74. The Morgan fingerprint density at radius 1 is 1.15 bits per heavy atom. The van der Waals surface area contributed by atoms with Crippen molar-refractivity contribution >= 4 is 46.5 Å². The maximum absolute atomic E-state index is 15.6. The zero-order chi connectivity index (χ0) is 26.9. The van der Waals surface area contributed by atoms with Crippen molar-refractivity contribution in [1.29, 1.82) is 0 Å². The average Bonchev–Trinajstić information content (AvgIpc) is 3.51. The first-order valence-corrected chi connectivity index (χ1v) is 13.0. The molecule has 10 heteroatoms. The summed E-state index contributed by atoms with van der Waals surface area (Å²) >= 11 is 12.4. The third kappa shape index (κ3) is 3.92. The Morgan fingerprint density at radius 3 is 2.67 bits per heavy atom. The first-order valence-electron chi connectivity index (χ1n) is 12.2. The van der Waals surface area contributed by atoms with Crippen LogP contribution in [0.5, 0.6) is 0 Å². The molecule has 3 heterocycles. The second-order valence-electron chi connectivity index (χ2n) is 10.0. The molecule has 3 aromatic carbocycles. The Kier molecular flexibility index (Phi) is 6.87. The van der Waals surface area contributed by atoms with E-state index in [1.807, 2.05) is 12.1 Å². The third-order valence-electron chi connectivity index (χ3n) is 8.21. The van der Waals surface area contributed by atoms with Gasteiger partial charge in [-0.1, -0.05) is 54.9 Å². The lowest BCUT2D eigenvalue weighted by Crippen LogP contribution is -2.50. The van der Waals surface area contributed by atoms with Gasteiger partial charge in [-0.2, -0.15) is 0 Å². The van der Waals surface area contributed by atoms with Crippen molar-refractivity contribution < 1.29 is 18.7 Å². The van der Waals surface area contributed by atoms with Crippen molar-refractivity contribution in [2.45, 2.75) is 50.4 Å². The molecule has 0 aliphatic carbocycles. The number of hydrogen-bond acceptors (Lipinski definition) is 6. The number of rotatable bonds is 3. The van der Waals surface area contributed by atoms with E-state index in [2.05, 4.69) is 16.0 Å². The van der Waals surface area contributed by atoms with Crippen LogP contribution in [-0.4, -0.2) is 31.1 Å². The summed E-state index contributed by atoms with van der Waals surface area (Å²) in [5, 5.41) is 10.6. The fraction of sp³-hybridized carbons (Fsp3) is 0.310. The van der Waals surface area contributed by atoms with Crippen molar-refractivity contribution in [3.8, 4) is 0 Å². The highest BCUT2D eigenvalue weighted by Gasteiger charge is 2.64. The quantitative estimate of drug-likeness (QED) is 0.246. The van der Waals surface area contributed by atoms with Gasteiger partial charge in [0.25, 0.3) is 0 Å². The Labute approximate surface area is 236 Å². The minimum atomic E-state index is -1.23. The first-order chi connectivity index (χ1) is 18.2. The molecule has 5 atom stereocenters. The SMILES string of the molecule is C.COC(=O)c1ccc(C2C[C@@H]3N[C@@]4(C(=O)Nc5cc(Cl)ccc54)[C@@H](c4cccc(Cl)c4F)[C@@H]3N2)c(N)c1C. The molecule has 5 N–H and O–H groups in total. The average molecular weight is 571 g/mol. The summed E-state index contributed by atoms with van der Waals surface area (Å²) in [6.07, 6.45) is 0.586. The Balaban J connectivity index is 0.00000308. The van der Waals surface area contributed by atoms with Crippen LogP contribution in [0.15, 0.2) is 48.5 Å². The molecule has 39 heavy (non-hydrogen) atoms. The molecule has 7 nitrogen and oxygen atoms in total. The van der Waals surface area contributed by atoms with Gasteiger partial charge >= 0.3 is 5.97 Å². The number of methoxy groups -OCH3 is 1. The summed E-state index contributed by atoms with van der Waals surface area (Å²) in [5.41, 5.74) is 9.26. The van der Waals surface area contributed by atoms with Gasteiger partial charge < -0.3 is 21.1 Å². The van der Waals surface area contributed by atoms with Crippen LogP contribution in [0, 0.1) is 12.7 Å². The van der Waals surface area contributed by atoms with Crippen molar-refractivity contribution in [3.63, 3.8) is 0 Å². The van der Waals surface area contributed by atoms with E-state index >= 15 is 4.39 Å². The maximum atomic E-state index is 15.6. The second kappa shape index (κ2) is 9.78. The summed E-state index contributed by atoms with van der Waals surface area (Å²) in [6.45, 7) is 1.78. The maximum Gasteiger partial charge on any atom is 0.338 e. The van der Waals surface area contributed by atoms with E-state index in [0.717, 1.165) is 5.56 Å². The van der Waals surface area contributed by atoms with Gasteiger partial charge in [-0.3, -0.25) is 10.1 Å². The summed E-state index contributed by atoms with van der Waals surface area (Å²) in [4.78, 5) is 25.8. The molecule has 1 spiro atoms. The summed E-state index contributed by atoms with van der Waals surface area (Å²) in [7, 11) is 1.33. The van der Waals surface area contributed by atoms with Crippen LogP contribution in [0.4, 0.5) is 15.8 Å². The van der Waals surface area contributed by atoms with E-state index in [9.17, 15) is 9.59 Å². The highest BCUT2D eigenvalue weighted by atomic mass is 35.5. The van der Waals surface area contributed by atoms with Crippen molar-refractivity contribution in [1.82, 2.24) is 10.6 Å². The van der Waals surface area contributed by atoms with Crippen molar-refractivity contribution in [3.05, 3.63) is 92.2 Å². The van der Waals surface area contributed by atoms with Gasteiger partial charge in [0, 0.05) is 46.0 Å². The van der Waals surface area contributed by atoms with Gasteiger partial charge in [0.2, 0.25) is 5.91 Å². The topological polar surface area (TPSA) is 105 Å². The second-order valence-corrected chi connectivity index (χ2v) is 10.9. The number of benzene rings is 3. The zero-order valence-electron chi connectivity index (χ0n) is 20.6. The normalized spacial score (nSPS) is 26.6. The predicted molar refractivity (Wildman–Crippen MR) is 151 cm³/mol. The van der Waals surface area contributed by atoms with E-state index in [1.54, 1.807) is 37.3 Å². The van der Waals surface area contributed by atoms with E-state index in [0.29, 0.717) is 45.1 Å². The lowest BCUT2D eigenvalue weighted by Gasteiger charge is -2.34. The molecule has 6 rings (SSSR count). The van der Waals surface area contributed by atoms with E-state index < -0.39 is 23.2 Å². The molecule has 2 fully saturated rings. The molecule has 1 amide bonds. The number of nitrogens with one attached hydrogen (secondary N) is 3. The molecule has 1 unspecified atom stereocenters. The Bertz CT molecular complexity index is 1520. The molecule has 204 valence electrons. The van der Waals surface area contributed by atoms with Crippen LogP contribution in [0.2, 0.25) is 10.0 Å². The first kappa shape index (κ1) is 27.4. The fourth-order valence-corrected chi connectivity index (χ4v) is 6.85. The zero-order valence-corrected chi connectivity index (χ0v) is 22.1. The van der Waals surface area contributed by atoms with Crippen LogP contribution >= 0.6 is 23.2 Å². The number of anilines is 2. The minimum absolute atomic E-state index is 0. The summed E-state index contributed by atoms with van der Waals surface area (Å²) in [6, 6.07) is 12.9. The van der Waals surface area contributed by atoms with Crippen molar-refractivity contribution in [2.24, 2.45) is 0 Å². The van der Waals surface area contributed by atoms with Gasteiger partial charge in [0.05, 0.1) is 17.7 Å². The smallest absolute Gasteiger partial charge is 0.338 e. The summed E-state index contributed by atoms with van der Waals surface area (Å²) < 4.78 is 20.5. The number of nitrogen functional groups attached to an aromatic ring is 1. The van der Waals surface area contributed by atoms with Gasteiger partial charge in [-0.05, 0) is 54.3 Å². The van der Waals surface area contributed by atoms with Crippen molar-refractivity contribution in [2.75, 3.05) is 18.2 Å². The number of carbonyl (C=O) groups is 2.